The number of ether oxygens (including phenoxy) is 1. The third kappa shape index (κ3) is 3.56. The van der Waals surface area contributed by atoms with Crippen LogP contribution in [-0.2, 0) is 16.0 Å². The second-order valence-corrected chi connectivity index (χ2v) is 6.00. The molecule has 0 spiro atoms. The minimum Gasteiger partial charge on any atom is -0.467 e. The van der Waals surface area contributed by atoms with Crippen LogP contribution in [0.2, 0.25) is 0 Å². The predicted molar refractivity (Wildman–Crippen MR) is 94.7 cm³/mol. The molecule has 7 heteroatoms. The number of fused-ring (bicyclic) bond motifs is 1. The summed E-state index contributed by atoms with van der Waals surface area (Å²) in [6.45, 7) is 3.50. The molecule has 0 radical (unpaired) electrons. The van der Waals surface area contributed by atoms with E-state index < -0.39 is 17.9 Å². The average Bonchev–Trinajstić information content (AvgIpc) is 3.01. The van der Waals surface area contributed by atoms with E-state index in [9.17, 15) is 9.59 Å². The molecule has 0 bridgehead atoms. The normalized spacial score (nSPS) is 12.0. The lowest BCUT2D eigenvalue weighted by Gasteiger charge is -2.17. The number of hydrogen-bond donors (Lipinski definition) is 1. The van der Waals surface area contributed by atoms with Crippen molar-refractivity contribution in [1.29, 1.82) is 0 Å². The summed E-state index contributed by atoms with van der Waals surface area (Å²) >= 11 is 0. The van der Waals surface area contributed by atoms with Crippen LogP contribution in [-0.4, -0.2) is 35.2 Å². The maximum atomic E-state index is 12.9. The van der Waals surface area contributed by atoms with Crippen molar-refractivity contribution in [3.05, 3.63) is 58.9 Å². The molecule has 1 atom stereocenters. The molecular weight excluding hydrogens is 334 g/mol. The molecule has 0 unspecified atom stereocenters. The fourth-order valence-electron chi connectivity index (χ4n) is 2.82. The molecule has 0 aliphatic carbocycles. The number of rotatable bonds is 5. The number of amides is 1. The number of aromatic nitrogens is 2. The van der Waals surface area contributed by atoms with Gasteiger partial charge in [-0.15, -0.1) is 0 Å². The molecule has 0 saturated carbocycles. The molecule has 26 heavy (non-hydrogen) atoms. The number of nitrogens with one attached hydrogen (secondary N) is 1. The van der Waals surface area contributed by atoms with Gasteiger partial charge in [0.25, 0.3) is 11.6 Å². The lowest BCUT2D eigenvalue weighted by atomic mass is 10.0. The van der Waals surface area contributed by atoms with Crippen molar-refractivity contribution in [3.63, 3.8) is 0 Å². The van der Waals surface area contributed by atoms with E-state index in [0.29, 0.717) is 34.5 Å². The van der Waals surface area contributed by atoms with Gasteiger partial charge in [-0.25, -0.2) is 9.78 Å². The minimum atomic E-state index is -0.807. The molecule has 0 aliphatic rings. The zero-order valence-corrected chi connectivity index (χ0v) is 14.8. The first kappa shape index (κ1) is 17.6. The summed E-state index contributed by atoms with van der Waals surface area (Å²) in [6.07, 6.45) is 0.328. The molecule has 1 N–H and O–H groups in total. The Kier molecular flexibility index (Phi) is 4.97. The Balaban J connectivity index is 1.91. The summed E-state index contributed by atoms with van der Waals surface area (Å²) < 4.78 is 10.0. The van der Waals surface area contributed by atoms with Gasteiger partial charge >= 0.3 is 5.97 Å². The molecule has 2 heterocycles. The van der Waals surface area contributed by atoms with Crippen molar-refractivity contribution in [2.24, 2.45) is 0 Å². The van der Waals surface area contributed by atoms with Gasteiger partial charge in [-0.1, -0.05) is 35.5 Å². The van der Waals surface area contributed by atoms with E-state index in [2.05, 4.69) is 15.5 Å². The van der Waals surface area contributed by atoms with Crippen molar-refractivity contribution < 1.29 is 18.8 Å². The first-order chi connectivity index (χ1) is 12.5. The number of methoxy groups -OCH3 is 1. The van der Waals surface area contributed by atoms with Crippen LogP contribution in [0.3, 0.4) is 0 Å². The molecule has 3 aromatic rings. The van der Waals surface area contributed by atoms with E-state index >= 15 is 0 Å². The second kappa shape index (κ2) is 7.35. The molecule has 7 nitrogen and oxygen atoms in total. The second-order valence-electron chi connectivity index (χ2n) is 6.00. The molecule has 134 valence electrons. The fourth-order valence-corrected chi connectivity index (χ4v) is 2.82. The van der Waals surface area contributed by atoms with Crippen molar-refractivity contribution >= 4 is 23.0 Å². The summed E-state index contributed by atoms with van der Waals surface area (Å²) in [4.78, 5) is 29.3. The summed E-state index contributed by atoms with van der Waals surface area (Å²) in [7, 11) is 1.30. The number of aryl methyl sites for hydroxylation is 2. The third-order valence-corrected chi connectivity index (χ3v) is 4.06. The van der Waals surface area contributed by atoms with Crippen molar-refractivity contribution in [2.75, 3.05) is 7.11 Å². The van der Waals surface area contributed by atoms with Crippen molar-refractivity contribution in [2.45, 2.75) is 26.3 Å². The minimum absolute atomic E-state index is 0.297. The number of benzene rings is 1. The lowest BCUT2D eigenvalue weighted by molar-refractivity contribution is -0.142. The number of hydrogen-bond acceptors (Lipinski definition) is 6. The van der Waals surface area contributed by atoms with Gasteiger partial charge < -0.3 is 14.6 Å². The quantitative estimate of drug-likeness (QED) is 0.708. The Labute approximate surface area is 150 Å². The van der Waals surface area contributed by atoms with Gasteiger partial charge in [0.2, 0.25) is 0 Å². The standard InChI is InChI=1S/C19H19N3O4/c1-11-9-14(16-12(2)22-26-18(16)20-11)17(23)21-15(19(24)25-3)10-13-7-5-4-6-8-13/h4-9,15H,10H2,1-3H3,(H,21,23)/t15-/m1/s1. The number of pyridine rings is 1. The van der Waals surface area contributed by atoms with Gasteiger partial charge in [-0.3, -0.25) is 4.79 Å². The molecule has 3 rings (SSSR count). The van der Waals surface area contributed by atoms with E-state index in [1.54, 1.807) is 19.9 Å². The Morgan fingerprint density at radius 1 is 1.23 bits per heavy atom. The summed E-state index contributed by atoms with van der Waals surface area (Å²) in [5.41, 5.74) is 2.77. The van der Waals surface area contributed by atoms with E-state index in [0.717, 1.165) is 5.56 Å². The Morgan fingerprint density at radius 2 is 1.96 bits per heavy atom. The fraction of sp³-hybridized carbons (Fsp3) is 0.263. The number of nitrogens with zero attached hydrogens (tertiary/aromatic N) is 2. The van der Waals surface area contributed by atoms with Crippen LogP contribution in [0.25, 0.3) is 11.1 Å². The van der Waals surface area contributed by atoms with Crippen LogP contribution in [0, 0.1) is 13.8 Å². The summed E-state index contributed by atoms with van der Waals surface area (Å²) in [5, 5.41) is 7.17. The van der Waals surface area contributed by atoms with Gasteiger partial charge in [-0.2, -0.15) is 0 Å². The van der Waals surface area contributed by atoms with Gasteiger partial charge in [0.05, 0.1) is 23.8 Å². The van der Waals surface area contributed by atoms with Gasteiger partial charge in [0.1, 0.15) is 6.04 Å². The van der Waals surface area contributed by atoms with Crippen LogP contribution in [0.4, 0.5) is 0 Å². The lowest BCUT2D eigenvalue weighted by Crippen LogP contribution is -2.43. The van der Waals surface area contributed by atoms with Crippen molar-refractivity contribution in [1.82, 2.24) is 15.5 Å². The van der Waals surface area contributed by atoms with E-state index in [-0.39, 0.29) is 0 Å². The monoisotopic (exact) mass is 353 g/mol. The largest absolute Gasteiger partial charge is 0.467 e. The maximum Gasteiger partial charge on any atom is 0.328 e. The molecule has 1 aromatic carbocycles. The molecule has 0 fully saturated rings. The highest BCUT2D eigenvalue weighted by molar-refractivity contribution is 6.07. The molecular formula is C19H19N3O4. The molecule has 2 aromatic heterocycles. The highest BCUT2D eigenvalue weighted by Crippen LogP contribution is 2.22. The average molecular weight is 353 g/mol. The molecule has 0 aliphatic heterocycles. The number of carbonyl (C=O) groups is 2. The van der Waals surface area contributed by atoms with Crippen LogP contribution < -0.4 is 5.32 Å². The van der Waals surface area contributed by atoms with Crippen molar-refractivity contribution in [3.8, 4) is 0 Å². The summed E-state index contributed by atoms with van der Waals surface area (Å²) in [6, 6.07) is 10.3. The first-order valence-electron chi connectivity index (χ1n) is 8.16. The SMILES string of the molecule is COC(=O)[C@@H](Cc1ccccc1)NC(=O)c1cc(C)nc2onc(C)c12. The Morgan fingerprint density at radius 3 is 2.65 bits per heavy atom. The molecule has 1 amide bonds. The molecule has 0 saturated heterocycles. The van der Waals surface area contributed by atoms with Gasteiger partial charge in [0, 0.05) is 12.1 Å². The first-order valence-corrected chi connectivity index (χ1v) is 8.16. The zero-order valence-electron chi connectivity index (χ0n) is 14.8. The number of esters is 1. The van der Waals surface area contributed by atoms with Crippen LogP contribution in [0.15, 0.2) is 40.9 Å². The van der Waals surface area contributed by atoms with Crippen LogP contribution in [0.5, 0.6) is 0 Å². The zero-order chi connectivity index (χ0) is 18.7. The third-order valence-electron chi connectivity index (χ3n) is 4.06. The number of carbonyl (C=O) groups excluding carboxylic acids is 2. The van der Waals surface area contributed by atoms with Gasteiger partial charge in [0.15, 0.2) is 0 Å². The van der Waals surface area contributed by atoms with E-state index in [4.69, 9.17) is 9.26 Å². The summed E-state index contributed by atoms with van der Waals surface area (Å²) in [5.74, 6) is -0.913. The van der Waals surface area contributed by atoms with Crippen LogP contribution in [0.1, 0.15) is 27.3 Å². The van der Waals surface area contributed by atoms with Crippen LogP contribution >= 0.6 is 0 Å². The highest BCUT2D eigenvalue weighted by atomic mass is 16.5. The van der Waals surface area contributed by atoms with E-state index in [1.165, 1.54) is 7.11 Å². The predicted octanol–water partition coefficient (Wildman–Crippen LogP) is 2.35. The maximum absolute atomic E-state index is 12.9. The van der Waals surface area contributed by atoms with E-state index in [1.807, 2.05) is 30.3 Å². The topological polar surface area (TPSA) is 94.3 Å². The highest BCUT2D eigenvalue weighted by Gasteiger charge is 2.25. The Hall–Kier alpha value is -3.22. The van der Waals surface area contributed by atoms with Gasteiger partial charge in [-0.05, 0) is 25.5 Å². The smallest absolute Gasteiger partial charge is 0.328 e. The Bertz CT molecular complexity index is 950.